The van der Waals surface area contributed by atoms with Crippen molar-refractivity contribution < 1.29 is 14.7 Å². The zero-order valence-corrected chi connectivity index (χ0v) is 28.7. The van der Waals surface area contributed by atoms with E-state index < -0.39 is 12.3 Å². The molecule has 0 aliphatic carbocycles. The summed E-state index contributed by atoms with van der Waals surface area (Å²) in [6.07, 6.45) is 7.39. The third-order valence-electron chi connectivity index (χ3n) is 8.08. The van der Waals surface area contributed by atoms with Crippen molar-refractivity contribution in [3.05, 3.63) is 133 Å². The molecule has 2 amide bonds. The number of hydrogen-bond acceptors (Lipinski definition) is 6. The molecule has 4 aromatic rings. The number of aromatic nitrogens is 1. The van der Waals surface area contributed by atoms with Crippen LogP contribution in [0.2, 0.25) is 0 Å². The number of amides is 2. The Hall–Kier alpha value is -5.22. The lowest BCUT2D eigenvalue weighted by molar-refractivity contribution is -0.128. The lowest BCUT2D eigenvalue weighted by atomic mass is 10.1. The van der Waals surface area contributed by atoms with E-state index in [1.807, 2.05) is 111 Å². The minimum Gasteiger partial charge on any atom is -0.376 e. The summed E-state index contributed by atoms with van der Waals surface area (Å²) < 4.78 is 0. The number of aliphatic hydroxyl groups excluding tert-OH is 1. The molecular formula is C40H48N6O3. The van der Waals surface area contributed by atoms with Crippen LogP contribution < -0.4 is 16.4 Å². The predicted octanol–water partition coefficient (Wildman–Crippen LogP) is 6.97. The Morgan fingerprint density at radius 2 is 1.71 bits per heavy atom. The molecule has 256 valence electrons. The molecule has 9 nitrogen and oxygen atoms in total. The van der Waals surface area contributed by atoms with Gasteiger partial charge in [-0.3, -0.25) is 14.5 Å². The Kier molecular flexibility index (Phi) is 13.3. The summed E-state index contributed by atoms with van der Waals surface area (Å²) in [6, 6.07) is 24.5. The van der Waals surface area contributed by atoms with Gasteiger partial charge in [-0.05, 0) is 66.4 Å². The Labute approximate surface area is 289 Å². The number of likely N-dealkylation sites (N-methyl/N-ethyl adjacent to an activating group) is 1. The summed E-state index contributed by atoms with van der Waals surface area (Å²) in [5.41, 5.74) is 13.2. The third-order valence-corrected chi connectivity index (χ3v) is 8.08. The predicted molar refractivity (Wildman–Crippen MR) is 202 cm³/mol. The second-order valence-corrected chi connectivity index (χ2v) is 12.1. The van der Waals surface area contributed by atoms with Crippen LogP contribution in [0.5, 0.6) is 0 Å². The van der Waals surface area contributed by atoms with Crippen LogP contribution in [-0.4, -0.2) is 64.6 Å². The summed E-state index contributed by atoms with van der Waals surface area (Å²) in [5.74, 6) is -0.238. The standard InChI is InChI=1S/C40H48N6O3/c1-6-12-29(13-7-2)23-38(48)45(5)26-28(4)42-33-18-16-30(17-19-33)36-25-32-24-34(20-21-35(32)44-36)43-37(47)27-46(22-8-3)40(49)39(41)31-14-10-9-11-15-31/h6-7,9-21,24-25,39-40,42,44,49H,1,4,8,22-23,26-27,41H2,2-3,5H3,(H,43,47)/b13-7-,29-12+/t39-,40?/m1/s1. The number of benzene rings is 3. The van der Waals surface area contributed by atoms with Gasteiger partial charge in [-0.25, -0.2) is 0 Å². The molecule has 0 fully saturated rings. The van der Waals surface area contributed by atoms with Gasteiger partial charge in [0.25, 0.3) is 0 Å². The first-order chi connectivity index (χ1) is 23.6. The molecule has 0 saturated heterocycles. The van der Waals surface area contributed by atoms with Crippen LogP contribution in [0.1, 0.15) is 38.3 Å². The first-order valence-corrected chi connectivity index (χ1v) is 16.5. The number of rotatable bonds is 17. The fourth-order valence-corrected chi connectivity index (χ4v) is 5.62. The molecule has 4 rings (SSSR count). The molecule has 0 radical (unpaired) electrons. The Balaban J connectivity index is 1.34. The first kappa shape index (κ1) is 36.6. The van der Waals surface area contributed by atoms with Crippen molar-refractivity contribution in [1.82, 2.24) is 14.8 Å². The van der Waals surface area contributed by atoms with Crippen LogP contribution in [0.3, 0.4) is 0 Å². The summed E-state index contributed by atoms with van der Waals surface area (Å²) in [5, 5.41) is 18.2. The van der Waals surface area contributed by atoms with E-state index in [9.17, 15) is 14.7 Å². The number of anilines is 2. The van der Waals surface area contributed by atoms with E-state index in [2.05, 4.69) is 28.8 Å². The fraction of sp³-hybridized carbons (Fsp3) is 0.250. The van der Waals surface area contributed by atoms with Gasteiger partial charge in [-0.15, -0.1) is 0 Å². The van der Waals surface area contributed by atoms with Gasteiger partial charge in [0, 0.05) is 47.3 Å². The van der Waals surface area contributed by atoms with Crippen LogP contribution in [-0.2, 0) is 9.59 Å². The molecule has 1 aromatic heterocycles. The van der Waals surface area contributed by atoms with E-state index in [0.717, 1.165) is 45.4 Å². The van der Waals surface area contributed by atoms with Crippen molar-refractivity contribution in [1.29, 1.82) is 0 Å². The fourth-order valence-electron chi connectivity index (χ4n) is 5.62. The van der Waals surface area contributed by atoms with Gasteiger partial charge in [0.15, 0.2) is 0 Å². The number of nitrogens with one attached hydrogen (secondary N) is 3. The van der Waals surface area contributed by atoms with Crippen LogP contribution in [0.15, 0.2) is 128 Å². The quantitative estimate of drug-likeness (QED) is 0.0616. The van der Waals surface area contributed by atoms with Gasteiger partial charge in [0.05, 0.1) is 25.6 Å². The Bertz CT molecular complexity index is 1790. The number of H-pyrrole nitrogens is 1. The summed E-state index contributed by atoms with van der Waals surface area (Å²) in [4.78, 5) is 32.6. The van der Waals surface area contributed by atoms with E-state index in [4.69, 9.17) is 5.73 Å². The molecule has 0 bridgehead atoms. The lowest BCUT2D eigenvalue weighted by Crippen LogP contribution is -2.46. The average Bonchev–Trinajstić information content (AvgIpc) is 3.52. The molecule has 1 unspecified atom stereocenters. The molecule has 0 aliphatic heterocycles. The number of carbonyl (C=O) groups excluding carboxylic acids is 2. The van der Waals surface area contributed by atoms with E-state index in [1.165, 1.54) is 0 Å². The number of nitrogens with zero attached hydrogens (tertiary/aromatic N) is 2. The maximum absolute atomic E-state index is 13.1. The summed E-state index contributed by atoms with van der Waals surface area (Å²) in [6.45, 7) is 12.7. The molecule has 0 saturated carbocycles. The maximum Gasteiger partial charge on any atom is 0.238 e. The van der Waals surface area contributed by atoms with Crippen LogP contribution in [0, 0.1) is 0 Å². The number of carbonyl (C=O) groups is 2. The topological polar surface area (TPSA) is 127 Å². The second-order valence-electron chi connectivity index (χ2n) is 12.1. The number of hydrogen-bond donors (Lipinski definition) is 5. The van der Waals surface area contributed by atoms with Gasteiger partial charge < -0.3 is 31.4 Å². The number of aliphatic hydroxyl groups is 1. The highest BCUT2D eigenvalue weighted by Crippen LogP contribution is 2.28. The normalized spacial score (nSPS) is 13.0. The highest BCUT2D eigenvalue weighted by molar-refractivity contribution is 5.96. The lowest BCUT2D eigenvalue weighted by Gasteiger charge is -2.31. The van der Waals surface area contributed by atoms with Gasteiger partial charge in [-0.1, -0.05) is 86.9 Å². The Morgan fingerprint density at radius 1 is 1.00 bits per heavy atom. The third kappa shape index (κ3) is 10.4. The van der Waals surface area contributed by atoms with E-state index in [0.29, 0.717) is 30.9 Å². The highest BCUT2D eigenvalue weighted by atomic mass is 16.3. The molecular weight excluding hydrogens is 612 g/mol. The van der Waals surface area contributed by atoms with Gasteiger partial charge in [0.2, 0.25) is 11.8 Å². The SMILES string of the molecule is C=C/C=C(\C=C/C)CC(=O)N(C)CC(=C)Nc1ccc(-c2cc3cc(NC(=O)CN(CCC)C(O)[C@H](N)c4ccccc4)ccc3[nH]2)cc1. The van der Waals surface area contributed by atoms with Crippen molar-refractivity contribution in [3.63, 3.8) is 0 Å². The molecule has 9 heteroatoms. The molecule has 49 heavy (non-hydrogen) atoms. The van der Waals surface area contributed by atoms with E-state index in [-0.39, 0.29) is 18.4 Å². The van der Waals surface area contributed by atoms with Crippen LogP contribution in [0.25, 0.3) is 22.2 Å². The Morgan fingerprint density at radius 3 is 2.39 bits per heavy atom. The van der Waals surface area contributed by atoms with Crippen molar-refractivity contribution in [2.45, 2.75) is 39.0 Å². The van der Waals surface area contributed by atoms with Gasteiger partial charge in [0.1, 0.15) is 6.23 Å². The van der Waals surface area contributed by atoms with Crippen molar-refractivity contribution in [3.8, 4) is 11.3 Å². The zero-order chi connectivity index (χ0) is 35.3. The monoisotopic (exact) mass is 660 g/mol. The summed E-state index contributed by atoms with van der Waals surface area (Å²) in [7, 11) is 1.76. The number of fused-ring (bicyclic) bond motifs is 1. The molecule has 6 N–H and O–H groups in total. The maximum atomic E-state index is 13.1. The zero-order valence-electron chi connectivity index (χ0n) is 28.7. The number of nitrogens with two attached hydrogens (primary N) is 1. The van der Waals surface area contributed by atoms with E-state index >= 15 is 0 Å². The second kappa shape index (κ2) is 17.8. The van der Waals surface area contributed by atoms with Crippen molar-refractivity contribution in [2.75, 3.05) is 37.3 Å². The summed E-state index contributed by atoms with van der Waals surface area (Å²) >= 11 is 0. The molecule has 1 heterocycles. The van der Waals surface area contributed by atoms with Crippen molar-refractivity contribution in [2.24, 2.45) is 5.73 Å². The molecule has 0 spiro atoms. The number of allylic oxidation sites excluding steroid dienone is 4. The van der Waals surface area contributed by atoms with E-state index in [1.54, 1.807) is 22.9 Å². The van der Waals surface area contributed by atoms with Crippen LogP contribution in [0.4, 0.5) is 11.4 Å². The van der Waals surface area contributed by atoms with Gasteiger partial charge >= 0.3 is 0 Å². The van der Waals surface area contributed by atoms with Gasteiger partial charge in [-0.2, -0.15) is 0 Å². The van der Waals surface area contributed by atoms with Crippen molar-refractivity contribution >= 4 is 34.1 Å². The number of aromatic amines is 1. The molecule has 3 aromatic carbocycles. The minimum atomic E-state index is -1.00. The smallest absolute Gasteiger partial charge is 0.238 e. The molecule has 0 aliphatic rings. The average molecular weight is 661 g/mol. The highest BCUT2D eigenvalue weighted by Gasteiger charge is 2.25. The first-order valence-electron chi connectivity index (χ1n) is 16.5. The molecule has 2 atom stereocenters. The minimum absolute atomic E-state index is 0.00753. The largest absolute Gasteiger partial charge is 0.376 e. The van der Waals surface area contributed by atoms with Crippen LogP contribution >= 0.6 is 0 Å².